The van der Waals surface area contributed by atoms with Gasteiger partial charge in [0.05, 0.1) is 0 Å². The van der Waals surface area contributed by atoms with Crippen LogP contribution >= 0.6 is 12.2 Å². The predicted molar refractivity (Wildman–Crippen MR) is 77.5 cm³/mol. The molecule has 0 aromatic heterocycles. The molecule has 0 spiro atoms. The van der Waals surface area contributed by atoms with Crippen LogP contribution in [0.5, 0.6) is 0 Å². The molecule has 0 fully saturated rings. The fourth-order valence-electron chi connectivity index (χ4n) is 2.23. The summed E-state index contributed by atoms with van der Waals surface area (Å²) in [5, 5.41) is 2.31. The molecule has 0 bridgehead atoms. The SMILES string of the molecule is FC(F)(F)[C@]1(c2ccccc2)N=C2C=CC=CN2C(=S)N1. The van der Waals surface area contributed by atoms with Crippen molar-refractivity contribution < 1.29 is 13.2 Å². The Morgan fingerprint density at radius 2 is 1.86 bits per heavy atom. The van der Waals surface area contributed by atoms with Gasteiger partial charge < -0.3 is 5.32 Å². The Hall–Kier alpha value is -2.15. The van der Waals surface area contributed by atoms with E-state index in [0.29, 0.717) is 0 Å². The van der Waals surface area contributed by atoms with E-state index in [-0.39, 0.29) is 16.5 Å². The normalized spacial score (nSPS) is 24.4. The minimum Gasteiger partial charge on any atom is -0.326 e. The van der Waals surface area contributed by atoms with E-state index >= 15 is 0 Å². The number of allylic oxidation sites excluding steroid dienone is 2. The van der Waals surface area contributed by atoms with Gasteiger partial charge in [0.1, 0.15) is 5.84 Å². The standard InChI is InChI=1S/C14H10F3N3S/c15-14(16,17)13(10-6-2-1-3-7-10)18-11-8-4-5-9-20(11)12(21)19-13/h1-9H,(H,19,21)/t13-/m1/s1. The lowest BCUT2D eigenvalue weighted by Crippen LogP contribution is -2.62. The zero-order valence-corrected chi connectivity index (χ0v) is 11.4. The van der Waals surface area contributed by atoms with Crippen molar-refractivity contribution in [1.82, 2.24) is 10.2 Å². The van der Waals surface area contributed by atoms with E-state index in [0.717, 1.165) is 0 Å². The smallest absolute Gasteiger partial charge is 0.326 e. The first-order chi connectivity index (χ1) is 9.94. The molecule has 7 heteroatoms. The Balaban J connectivity index is 2.21. The summed E-state index contributed by atoms with van der Waals surface area (Å²) in [5.74, 6) is 0.155. The van der Waals surface area contributed by atoms with Crippen LogP contribution in [0.3, 0.4) is 0 Å². The lowest BCUT2D eigenvalue weighted by Gasteiger charge is -2.41. The Morgan fingerprint density at radius 3 is 2.52 bits per heavy atom. The summed E-state index contributed by atoms with van der Waals surface area (Å²) in [6.45, 7) is 0. The van der Waals surface area contributed by atoms with E-state index in [2.05, 4.69) is 10.3 Å². The number of fused-ring (bicyclic) bond motifs is 1. The van der Waals surface area contributed by atoms with E-state index in [1.165, 1.54) is 35.2 Å². The number of amidine groups is 1. The molecule has 2 aliphatic heterocycles. The monoisotopic (exact) mass is 309 g/mol. The van der Waals surface area contributed by atoms with Gasteiger partial charge >= 0.3 is 6.18 Å². The fraction of sp³-hybridized carbons (Fsp3) is 0.143. The average Bonchev–Trinajstić information content (AvgIpc) is 2.47. The van der Waals surface area contributed by atoms with Crippen molar-refractivity contribution in [2.45, 2.75) is 11.8 Å². The van der Waals surface area contributed by atoms with E-state index in [1.54, 1.807) is 24.4 Å². The first kappa shape index (κ1) is 13.8. The number of hydrogen-bond acceptors (Lipinski definition) is 2. The highest BCUT2D eigenvalue weighted by Crippen LogP contribution is 2.42. The number of rotatable bonds is 1. The van der Waals surface area contributed by atoms with Gasteiger partial charge in [-0.1, -0.05) is 36.4 Å². The van der Waals surface area contributed by atoms with Crippen molar-refractivity contribution >= 4 is 23.2 Å². The molecule has 108 valence electrons. The van der Waals surface area contributed by atoms with Gasteiger partial charge in [-0.2, -0.15) is 13.2 Å². The second-order valence-corrected chi connectivity index (χ2v) is 4.93. The first-order valence-corrected chi connectivity index (χ1v) is 6.53. The quantitative estimate of drug-likeness (QED) is 0.808. The molecule has 0 saturated carbocycles. The van der Waals surface area contributed by atoms with E-state index in [9.17, 15) is 13.2 Å². The molecule has 0 aliphatic carbocycles. The third-order valence-electron chi connectivity index (χ3n) is 3.23. The topological polar surface area (TPSA) is 27.6 Å². The van der Waals surface area contributed by atoms with Crippen LogP contribution in [0.4, 0.5) is 13.2 Å². The molecule has 2 heterocycles. The van der Waals surface area contributed by atoms with Crippen molar-refractivity contribution in [2.75, 3.05) is 0 Å². The summed E-state index contributed by atoms with van der Waals surface area (Å²) in [4.78, 5) is 5.31. The highest BCUT2D eigenvalue weighted by atomic mass is 32.1. The maximum Gasteiger partial charge on any atom is 0.436 e. The lowest BCUT2D eigenvalue weighted by molar-refractivity contribution is -0.194. The zero-order valence-electron chi connectivity index (χ0n) is 10.6. The van der Waals surface area contributed by atoms with Crippen molar-refractivity contribution in [3.05, 3.63) is 60.3 Å². The molecule has 0 radical (unpaired) electrons. The zero-order chi connectivity index (χ0) is 15.1. The van der Waals surface area contributed by atoms with Crippen molar-refractivity contribution in [3.63, 3.8) is 0 Å². The van der Waals surface area contributed by atoms with Gasteiger partial charge in [-0.25, -0.2) is 4.99 Å². The van der Waals surface area contributed by atoms with Crippen molar-refractivity contribution in [2.24, 2.45) is 4.99 Å². The molecular formula is C14H10F3N3S. The number of aliphatic imine (C=N–C) groups is 1. The molecule has 1 aromatic carbocycles. The number of nitrogens with zero attached hydrogens (tertiary/aromatic N) is 2. The fourth-order valence-corrected chi connectivity index (χ4v) is 2.53. The van der Waals surface area contributed by atoms with Crippen LogP contribution in [0.15, 0.2) is 59.8 Å². The van der Waals surface area contributed by atoms with Gasteiger partial charge in [0.2, 0.25) is 0 Å². The Bertz CT molecular complexity index is 664. The molecule has 1 N–H and O–H groups in total. The van der Waals surface area contributed by atoms with Crippen LogP contribution < -0.4 is 5.32 Å². The second-order valence-electron chi connectivity index (χ2n) is 4.54. The first-order valence-electron chi connectivity index (χ1n) is 6.12. The summed E-state index contributed by atoms with van der Waals surface area (Å²) in [7, 11) is 0. The van der Waals surface area contributed by atoms with Gasteiger partial charge in [-0.15, -0.1) is 0 Å². The molecule has 21 heavy (non-hydrogen) atoms. The van der Waals surface area contributed by atoms with Crippen molar-refractivity contribution in [1.29, 1.82) is 0 Å². The third kappa shape index (κ3) is 2.13. The van der Waals surface area contributed by atoms with Crippen molar-refractivity contribution in [3.8, 4) is 0 Å². The van der Waals surface area contributed by atoms with E-state index in [4.69, 9.17) is 12.2 Å². The summed E-state index contributed by atoms with van der Waals surface area (Å²) in [6.07, 6.45) is 1.73. The molecule has 3 nitrogen and oxygen atoms in total. The molecule has 0 saturated heterocycles. The highest BCUT2D eigenvalue weighted by molar-refractivity contribution is 7.80. The van der Waals surface area contributed by atoms with Gasteiger partial charge in [-0.05, 0) is 24.4 Å². The van der Waals surface area contributed by atoms with Gasteiger partial charge in [0.25, 0.3) is 5.66 Å². The summed E-state index contributed by atoms with van der Waals surface area (Å²) in [5.41, 5.74) is -2.57. The molecule has 2 aliphatic rings. The largest absolute Gasteiger partial charge is 0.436 e. The molecule has 3 rings (SSSR count). The van der Waals surface area contributed by atoms with Crippen LogP contribution in [-0.4, -0.2) is 22.0 Å². The predicted octanol–water partition coefficient (Wildman–Crippen LogP) is 3.07. The molecule has 1 atom stereocenters. The van der Waals surface area contributed by atoms with E-state index in [1.807, 2.05) is 0 Å². The summed E-state index contributed by atoms with van der Waals surface area (Å²) in [6, 6.07) is 7.49. The Labute approximate surface area is 124 Å². The summed E-state index contributed by atoms with van der Waals surface area (Å²) >= 11 is 5.07. The number of nitrogens with one attached hydrogen (secondary N) is 1. The third-order valence-corrected chi connectivity index (χ3v) is 3.53. The average molecular weight is 309 g/mol. The highest BCUT2D eigenvalue weighted by Gasteiger charge is 2.59. The van der Waals surface area contributed by atoms with Crippen LogP contribution in [0.1, 0.15) is 5.56 Å². The van der Waals surface area contributed by atoms with E-state index < -0.39 is 11.8 Å². The number of alkyl halides is 3. The maximum absolute atomic E-state index is 13.7. The Kier molecular flexibility index (Phi) is 3.09. The number of thiocarbonyl (C=S) groups is 1. The Morgan fingerprint density at radius 1 is 1.14 bits per heavy atom. The van der Waals surface area contributed by atoms with Gasteiger partial charge in [0, 0.05) is 11.8 Å². The molecule has 1 aromatic rings. The minimum absolute atomic E-state index is 0.00467. The number of halogens is 3. The molecular weight excluding hydrogens is 299 g/mol. The maximum atomic E-state index is 13.7. The molecule has 0 amide bonds. The lowest BCUT2D eigenvalue weighted by atomic mass is 9.98. The minimum atomic E-state index is -4.63. The van der Waals surface area contributed by atoms with Crippen LogP contribution in [0.2, 0.25) is 0 Å². The van der Waals surface area contributed by atoms with Crippen LogP contribution in [0, 0.1) is 0 Å². The van der Waals surface area contributed by atoms with Crippen LogP contribution in [-0.2, 0) is 5.66 Å². The summed E-state index contributed by atoms with van der Waals surface area (Å²) < 4.78 is 41.2. The van der Waals surface area contributed by atoms with Gasteiger partial charge in [-0.3, -0.25) is 4.90 Å². The van der Waals surface area contributed by atoms with Crippen LogP contribution in [0.25, 0.3) is 0 Å². The number of benzene rings is 1. The van der Waals surface area contributed by atoms with Gasteiger partial charge in [0.15, 0.2) is 5.11 Å². The number of hydrogen-bond donors (Lipinski definition) is 1. The molecule has 0 unspecified atom stereocenters. The second kappa shape index (κ2) is 4.70.